The van der Waals surface area contributed by atoms with Gasteiger partial charge in [0.15, 0.2) is 6.10 Å². The largest absolute Gasteiger partial charge is 0.459 e. The van der Waals surface area contributed by atoms with E-state index in [1.165, 1.54) is 12.1 Å². The van der Waals surface area contributed by atoms with Gasteiger partial charge in [-0.05, 0) is 43.5 Å². The molecule has 0 aliphatic carbocycles. The van der Waals surface area contributed by atoms with E-state index in [-0.39, 0.29) is 5.41 Å². The van der Waals surface area contributed by atoms with Crippen LogP contribution < -0.4 is 5.32 Å². The summed E-state index contributed by atoms with van der Waals surface area (Å²) in [7, 11) is 0. The van der Waals surface area contributed by atoms with Crippen LogP contribution in [0, 0.1) is 5.41 Å². The van der Waals surface area contributed by atoms with Gasteiger partial charge >= 0.3 is 5.97 Å². The van der Waals surface area contributed by atoms with Crippen LogP contribution in [0.2, 0.25) is 5.02 Å². The van der Waals surface area contributed by atoms with E-state index in [9.17, 15) is 14.7 Å². The first-order valence-electron chi connectivity index (χ1n) is 7.37. The van der Waals surface area contributed by atoms with Crippen LogP contribution in [0.5, 0.6) is 0 Å². The number of carbonyl (C=O) groups excluding carboxylic acids is 2. The Balaban J connectivity index is 2.56. The molecule has 1 unspecified atom stereocenters. The van der Waals surface area contributed by atoms with E-state index in [2.05, 4.69) is 5.32 Å². The molecule has 0 fully saturated rings. The highest BCUT2D eigenvalue weighted by Crippen LogP contribution is 2.29. The lowest BCUT2D eigenvalue weighted by molar-refractivity contribution is -0.134. The average molecular weight is 342 g/mol. The summed E-state index contributed by atoms with van der Waals surface area (Å²) in [4.78, 5) is 23.8. The molecule has 1 atom stereocenters. The summed E-state index contributed by atoms with van der Waals surface area (Å²) >= 11 is 5.74. The second kappa shape index (κ2) is 7.32. The van der Waals surface area contributed by atoms with E-state index in [4.69, 9.17) is 16.3 Å². The normalized spacial score (nSPS) is 13.3. The second-order valence-electron chi connectivity index (χ2n) is 6.99. The van der Waals surface area contributed by atoms with Gasteiger partial charge < -0.3 is 15.2 Å². The monoisotopic (exact) mass is 341 g/mol. The number of halogens is 1. The molecule has 6 heteroatoms. The topological polar surface area (TPSA) is 75.6 Å². The van der Waals surface area contributed by atoms with Gasteiger partial charge in [-0.3, -0.25) is 4.79 Å². The van der Waals surface area contributed by atoms with Crippen LogP contribution in [0.25, 0.3) is 0 Å². The lowest BCUT2D eigenvalue weighted by atomic mass is 9.76. The number of aliphatic hydroxyl groups is 1. The van der Waals surface area contributed by atoms with Gasteiger partial charge in [-0.15, -0.1) is 0 Å². The predicted octanol–water partition coefficient (Wildman–Crippen LogP) is 2.80. The Hall–Kier alpha value is -1.59. The molecular formula is C17H24ClNO4. The molecule has 0 bridgehead atoms. The van der Waals surface area contributed by atoms with Crippen molar-refractivity contribution in [2.24, 2.45) is 5.41 Å². The number of carbonyl (C=O) groups is 2. The highest BCUT2D eigenvalue weighted by Gasteiger charge is 2.35. The van der Waals surface area contributed by atoms with Crippen molar-refractivity contribution >= 4 is 23.5 Å². The maximum atomic E-state index is 12.0. The van der Waals surface area contributed by atoms with Crippen molar-refractivity contribution < 1.29 is 19.4 Å². The molecule has 2 N–H and O–H groups in total. The maximum absolute atomic E-state index is 12.0. The van der Waals surface area contributed by atoms with Crippen LogP contribution in [0.15, 0.2) is 24.3 Å². The summed E-state index contributed by atoms with van der Waals surface area (Å²) in [5, 5.41) is 13.2. The van der Waals surface area contributed by atoms with Gasteiger partial charge in [-0.2, -0.15) is 0 Å². The molecule has 5 nitrogen and oxygen atoms in total. The molecule has 0 radical (unpaired) electrons. The fourth-order valence-electron chi connectivity index (χ4n) is 1.48. The summed E-state index contributed by atoms with van der Waals surface area (Å²) in [5.41, 5.74) is -0.412. The zero-order valence-electron chi connectivity index (χ0n) is 14.1. The highest BCUT2D eigenvalue weighted by atomic mass is 35.5. The first kappa shape index (κ1) is 19.5. The van der Waals surface area contributed by atoms with Crippen LogP contribution in [0.1, 0.15) is 45.0 Å². The van der Waals surface area contributed by atoms with Crippen molar-refractivity contribution in [2.45, 2.75) is 46.3 Å². The number of rotatable bonds is 5. The van der Waals surface area contributed by atoms with Gasteiger partial charge in [0.05, 0.1) is 5.56 Å². The number of esters is 1. The van der Waals surface area contributed by atoms with Crippen molar-refractivity contribution in [1.29, 1.82) is 0 Å². The summed E-state index contributed by atoms with van der Waals surface area (Å²) in [5.74, 6) is -1.20. The molecule has 1 aromatic carbocycles. The zero-order chi connectivity index (χ0) is 17.8. The van der Waals surface area contributed by atoms with E-state index >= 15 is 0 Å². The molecule has 0 spiro atoms. The van der Waals surface area contributed by atoms with Crippen molar-refractivity contribution in [3.8, 4) is 0 Å². The lowest BCUT2D eigenvalue weighted by Crippen LogP contribution is -2.55. The van der Waals surface area contributed by atoms with Gasteiger partial charge in [0.2, 0.25) is 0 Å². The number of hydrogen-bond acceptors (Lipinski definition) is 4. The van der Waals surface area contributed by atoms with E-state index in [1.54, 1.807) is 12.1 Å². The molecule has 0 saturated carbocycles. The summed E-state index contributed by atoms with van der Waals surface area (Å²) in [6.45, 7) is 9.29. The van der Waals surface area contributed by atoms with Gasteiger partial charge in [0.1, 0.15) is 6.61 Å². The molecule has 1 rings (SSSR count). The first-order chi connectivity index (χ1) is 10.4. The Morgan fingerprint density at radius 1 is 1.17 bits per heavy atom. The van der Waals surface area contributed by atoms with Gasteiger partial charge in [0.25, 0.3) is 5.91 Å². The summed E-state index contributed by atoms with van der Waals surface area (Å²) in [6, 6.07) is 6.15. The standard InChI is InChI=1S/C17H24ClNO4/c1-16(2,3)17(4,5)19-14(21)13(20)10-23-15(22)11-6-8-12(18)9-7-11/h6-9,13,20H,10H2,1-5H3,(H,19,21). The van der Waals surface area contributed by atoms with Crippen molar-refractivity contribution in [1.82, 2.24) is 5.32 Å². The zero-order valence-corrected chi connectivity index (χ0v) is 14.9. The van der Waals surface area contributed by atoms with Crippen LogP contribution in [-0.2, 0) is 9.53 Å². The van der Waals surface area contributed by atoms with Gasteiger partial charge in [0, 0.05) is 10.6 Å². The third-order valence-corrected chi connectivity index (χ3v) is 4.32. The smallest absolute Gasteiger partial charge is 0.338 e. The Morgan fingerprint density at radius 2 is 1.70 bits per heavy atom. The summed E-state index contributed by atoms with van der Waals surface area (Å²) in [6.07, 6.45) is -1.42. The van der Waals surface area contributed by atoms with Gasteiger partial charge in [-0.25, -0.2) is 4.79 Å². The number of aliphatic hydroxyl groups excluding tert-OH is 1. The van der Waals surface area contributed by atoms with Crippen LogP contribution >= 0.6 is 11.6 Å². The molecule has 1 aromatic rings. The van der Waals surface area contributed by atoms with Gasteiger partial charge in [-0.1, -0.05) is 32.4 Å². The number of nitrogens with one attached hydrogen (secondary N) is 1. The van der Waals surface area contributed by atoms with Crippen molar-refractivity contribution in [2.75, 3.05) is 6.61 Å². The molecule has 0 saturated heterocycles. The van der Waals surface area contributed by atoms with E-state index in [0.717, 1.165) is 0 Å². The molecular weight excluding hydrogens is 318 g/mol. The third-order valence-electron chi connectivity index (χ3n) is 4.07. The van der Waals surface area contributed by atoms with Crippen LogP contribution in [-0.4, -0.2) is 35.2 Å². The molecule has 0 aliphatic rings. The molecule has 0 heterocycles. The average Bonchev–Trinajstić information content (AvgIpc) is 2.43. The van der Waals surface area contributed by atoms with E-state index in [1.807, 2.05) is 34.6 Å². The SMILES string of the molecule is CC(C)(C)C(C)(C)NC(=O)C(O)COC(=O)c1ccc(Cl)cc1. The Bertz CT molecular complexity index is 561. The predicted molar refractivity (Wildman–Crippen MR) is 89.4 cm³/mol. The van der Waals surface area contributed by atoms with Crippen molar-refractivity contribution in [3.63, 3.8) is 0 Å². The Morgan fingerprint density at radius 3 is 2.17 bits per heavy atom. The summed E-state index contributed by atoms with van der Waals surface area (Å²) < 4.78 is 4.96. The minimum absolute atomic E-state index is 0.192. The Labute approximate surface area is 142 Å². The minimum atomic E-state index is -1.42. The fraction of sp³-hybridized carbons (Fsp3) is 0.529. The Kier molecular flexibility index (Phi) is 6.19. The number of hydrogen-bond donors (Lipinski definition) is 2. The maximum Gasteiger partial charge on any atom is 0.338 e. The first-order valence-corrected chi connectivity index (χ1v) is 7.74. The highest BCUT2D eigenvalue weighted by molar-refractivity contribution is 6.30. The molecule has 1 amide bonds. The number of amides is 1. The molecule has 23 heavy (non-hydrogen) atoms. The molecule has 0 aromatic heterocycles. The molecule has 128 valence electrons. The van der Waals surface area contributed by atoms with Crippen LogP contribution in [0.3, 0.4) is 0 Å². The van der Waals surface area contributed by atoms with E-state index in [0.29, 0.717) is 10.6 Å². The van der Waals surface area contributed by atoms with Crippen LogP contribution in [0.4, 0.5) is 0 Å². The quantitative estimate of drug-likeness (QED) is 0.807. The fourth-order valence-corrected chi connectivity index (χ4v) is 1.60. The van der Waals surface area contributed by atoms with E-state index < -0.39 is 30.1 Å². The minimum Gasteiger partial charge on any atom is -0.459 e. The molecule has 0 aliphatic heterocycles. The second-order valence-corrected chi connectivity index (χ2v) is 7.42. The number of benzene rings is 1. The van der Waals surface area contributed by atoms with Crippen molar-refractivity contribution in [3.05, 3.63) is 34.9 Å². The number of ether oxygens (including phenoxy) is 1. The third kappa shape index (κ3) is 5.52. The lowest BCUT2D eigenvalue weighted by Gasteiger charge is -2.40.